The summed E-state index contributed by atoms with van der Waals surface area (Å²) in [5, 5.41) is 22.4. The van der Waals surface area contributed by atoms with Crippen molar-refractivity contribution >= 4 is 0 Å². The largest absolute Gasteiger partial charge is 0.508 e. The summed E-state index contributed by atoms with van der Waals surface area (Å²) < 4.78 is 31.3. The van der Waals surface area contributed by atoms with Gasteiger partial charge in [0.25, 0.3) is 5.89 Å². The molecular formula is C14H8F2N2O3. The molecule has 3 rings (SSSR count). The minimum Gasteiger partial charge on any atom is -0.508 e. The van der Waals surface area contributed by atoms with Gasteiger partial charge in [0.1, 0.15) is 23.1 Å². The number of halogens is 2. The Labute approximate surface area is 117 Å². The van der Waals surface area contributed by atoms with E-state index in [0.717, 1.165) is 24.3 Å². The molecule has 21 heavy (non-hydrogen) atoms. The van der Waals surface area contributed by atoms with Gasteiger partial charge < -0.3 is 14.7 Å². The van der Waals surface area contributed by atoms with Crippen molar-refractivity contribution in [1.29, 1.82) is 0 Å². The first kappa shape index (κ1) is 13.0. The Morgan fingerprint density at radius 1 is 0.810 bits per heavy atom. The van der Waals surface area contributed by atoms with Crippen molar-refractivity contribution in [3.05, 3.63) is 48.0 Å². The summed E-state index contributed by atoms with van der Waals surface area (Å²) in [7, 11) is 0. The van der Waals surface area contributed by atoms with Crippen LogP contribution in [0.1, 0.15) is 0 Å². The SMILES string of the molecule is Oc1cc(O)cc(-c2nc(-c3cc(F)cc(F)c3)no2)c1. The highest BCUT2D eigenvalue weighted by Gasteiger charge is 2.13. The highest BCUT2D eigenvalue weighted by atomic mass is 19.1. The predicted molar refractivity (Wildman–Crippen MR) is 68.4 cm³/mol. The number of rotatable bonds is 2. The molecular weight excluding hydrogens is 282 g/mol. The Kier molecular flexibility index (Phi) is 3.02. The van der Waals surface area contributed by atoms with Gasteiger partial charge in [-0.3, -0.25) is 0 Å². The lowest BCUT2D eigenvalue weighted by molar-refractivity contribution is 0.428. The summed E-state index contributed by atoms with van der Waals surface area (Å²) in [5.74, 6) is -1.88. The molecule has 5 nitrogen and oxygen atoms in total. The summed E-state index contributed by atoms with van der Waals surface area (Å²) >= 11 is 0. The number of benzene rings is 2. The second-order valence-electron chi connectivity index (χ2n) is 4.32. The van der Waals surface area contributed by atoms with Crippen LogP contribution in [-0.2, 0) is 0 Å². The third-order valence-electron chi connectivity index (χ3n) is 2.70. The van der Waals surface area contributed by atoms with Crippen molar-refractivity contribution in [1.82, 2.24) is 10.1 Å². The van der Waals surface area contributed by atoms with Crippen LogP contribution in [0, 0.1) is 11.6 Å². The van der Waals surface area contributed by atoms with E-state index in [9.17, 15) is 19.0 Å². The maximum atomic E-state index is 13.2. The highest BCUT2D eigenvalue weighted by Crippen LogP contribution is 2.29. The van der Waals surface area contributed by atoms with E-state index in [1.165, 1.54) is 12.1 Å². The molecule has 106 valence electrons. The minimum absolute atomic E-state index is 0.000805. The van der Waals surface area contributed by atoms with E-state index in [-0.39, 0.29) is 34.3 Å². The van der Waals surface area contributed by atoms with Gasteiger partial charge in [0.15, 0.2) is 0 Å². The molecule has 0 saturated heterocycles. The highest BCUT2D eigenvalue weighted by molar-refractivity contribution is 5.62. The van der Waals surface area contributed by atoms with Gasteiger partial charge in [-0.25, -0.2) is 8.78 Å². The van der Waals surface area contributed by atoms with Gasteiger partial charge in [0, 0.05) is 23.3 Å². The van der Waals surface area contributed by atoms with Gasteiger partial charge in [0.2, 0.25) is 5.82 Å². The number of aromatic hydroxyl groups is 2. The zero-order chi connectivity index (χ0) is 15.0. The normalized spacial score (nSPS) is 10.8. The molecule has 2 aromatic carbocycles. The van der Waals surface area contributed by atoms with Crippen LogP contribution < -0.4 is 0 Å². The molecule has 7 heteroatoms. The van der Waals surface area contributed by atoms with Crippen LogP contribution in [0.5, 0.6) is 11.5 Å². The van der Waals surface area contributed by atoms with Crippen LogP contribution in [-0.4, -0.2) is 20.4 Å². The van der Waals surface area contributed by atoms with Crippen LogP contribution in [0.4, 0.5) is 8.78 Å². The number of aromatic nitrogens is 2. The molecule has 0 unspecified atom stereocenters. The van der Waals surface area contributed by atoms with Gasteiger partial charge in [0.05, 0.1) is 0 Å². The first-order valence-corrected chi connectivity index (χ1v) is 5.85. The topological polar surface area (TPSA) is 79.4 Å². The molecule has 0 saturated carbocycles. The Morgan fingerprint density at radius 2 is 1.43 bits per heavy atom. The summed E-state index contributed by atoms with van der Waals surface area (Å²) in [4.78, 5) is 3.98. The summed E-state index contributed by atoms with van der Waals surface area (Å²) in [6, 6.07) is 6.63. The Bertz CT molecular complexity index is 711. The van der Waals surface area contributed by atoms with Crippen LogP contribution in [0.3, 0.4) is 0 Å². The van der Waals surface area contributed by atoms with E-state index in [2.05, 4.69) is 10.1 Å². The molecule has 0 bridgehead atoms. The second kappa shape index (κ2) is 4.86. The van der Waals surface area contributed by atoms with Crippen LogP contribution in [0.15, 0.2) is 40.9 Å². The number of hydrogen-bond acceptors (Lipinski definition) is 5. The quantitative estimate of drug-likeness (QED) is 0.758. The van der Waals surface area contributed by atoms with Crippen LogP contribution >= 0.6 is 0 Å². The smallest absolute Gasteiger partial charge is 0.258 e. The maximum absolute atomic E-state index is 13.2. The van der Waals surface area contributed by atoms with Crippen LogP contribution in [0.2, 0.25) is 0 Å². The lowest BCUT2D eigenvalue weighted by Crippen LogP contribution is -1.86. The molecule has 0 spiro atoms. The second-order valence-corrected chi connectivity index (χ2v) is 4.32. The summed E-state index contributed by atoms with van der Waals surface area (Å²) in [6.07, 6.45) is 0. The molecule has 0 aliphatic rings. The van der Waals surface area contributed by atoms with Crippen molar-refractivity contribution in [2.75, 3.05) is 0 Å². The lowest BCUT2D eigenvalue weighted by Gasteiger charge is -1.98. The van der Waals surface area contributed by atoms with Gasteiger partial charge in [-0.2, -0.15) is 4.98 Å². The average molecular weight is 290 g/mol. The van der Waals surface area contributed by atoms with Gasteiger partial charge in [-0.05, 0) is 24.3 Å². The number of nitrogens with zero attached hydrogens (tertiary/aromatic N) is 2. The fourth-order valence-corrected chi connectivity index (χ4v) is 1.86. The van der Waals surface area contributed by atoms with Crippen LogP contribution in [0.25, 0.3) is 22.8 Å². The van der Waals surface area contributed by atoms with Crippen molar-refractivity contribution in [3.63, 3.8) is 0 Å². The monoisotopic (exact) mass is 290 g/mol. The van der Waals surface area contributed by atoms with Gasteiger partial charge in [-0.1, -0.05) is 5.16 Å². The third-order valence-corrected chi connectivity index (χ3v) is 2.70. The van der Waals surface area contributed by atoms with Crippen molar-refractivity contribution in [2.45, 2.75) is 0 Å². The summed E-state index contributed by atoms with van der Waals surface area (Å²) in [6.45, 7) is 0. The zero-order valence-corrected chi connectivity index (χ0v) is 10.4. The predicted octanol–water partition coefficient (Wildman–Crippen LogP) is 3.09. The number of hydrogen-bond donors (Lipinski definition) is 2. The molecule has 1 aromatic heterocycles. The van der Waals surface area contributed by atoms with E-state index < -0.39 is 11.6 Å². The Hall–Kier alpha value is -2.96. The van der Waals surface area contributed by atoms with Crippen molar-refractivity contribution in [2.24, 2.45) is 0 Å². The molecule has 0 aliphatic carbocycles. The Morgan fingerprint density at radius 3 is 2.05 bits per heavy atom. The molecule has 0 radical (unpaired) electrons. The van der Waals surface area contributed by atoms with E-state index in [1.807, 2.05) is 0 Å². The standard InChI is InChI=1S/C14H8F2N2O3/c15-9-1-7(2-10(16)5-9)13-17-14(21-18-13)8-3-11(19)6-12(20)4-8/h1-6,19-20H. The molecule has 0 aliphatic heterocycles. The van der Waals surface area contributed by atoms with Crippen molar-refractivity contribution in [3.8, 4) is 34.3 Å². The maximum Gasteiger partial charge on any atom is 0.258 e. The fourth-order valence-electron chi connectivity index (χ4n) is 1.86. The number of phenols is 2. The molecule has 0 atom stereocenters. The average Bonchev–Trinajstić information content (AvgIpc) is 2.85. The van der Waals surface area contributed by atoms with E-state index in [1.54, 1.807) is 0 Å². The first-order valence-electron chi connectivity index (χ1n) is 5.85. The fraction of sp³-hybridized carbons (Fsp3) is 0. The number of phenolic OH excluding ortho intramolecular Hbond substituents is 2. The zero-order valence-electron chi connectivity index (χ0n) is 10.4. The molecule has 1 heterocycles. The first-order chi connectivity index (χ1) is 10.0. The van der Waals surface area contributed by atoms with E-state index >= 15 is 0 Å². The summed E-state index contributed by atoms with van der Waals surface area (Å²) in [5.41, 5.74) is 0.398. The molecule has 0 fully saturated rings. The lowest BCUT2D eigenvalue weighted by atomic mass is 10.2. The molecule has 2 N–H and O–H groups in total. The molecule has 3 aromatic rings. The minimum atomic E-state index is -0.758. The van der Waals surface area contributed by atoms with Gasteiger partial charge in [-0.15, -0.1) is 0 Å². The van der Waals surface area contributed by atoms with Gasteiger partial charge >= 0.3 is 0 Å². The van der Waals surface area contributed by atoms with Crippen molar-refractivity contribution < 1.29 is 23.5 Å². The van der Waals surface area contributed by atoms with E-state index in [0.29, 0.717) is 0 Å². The molecule has 0 amide bonds. The third kappa shape index (κ3) is 2.66. The van der Waals surface area contributed by atoms with E-state index in [4.69, 9.17) is 4.52 Å². The Balaban J connectivity index is 2.03.